The molecule has 0 atom stereocenters. The van der Waals surface area contributed by atoms with E-state index in [-0.39, 0.29) is 18.6 Å². The fourth-order valence-electron chi connectivity index (χ4n) is 2.34. The highest BCUT2D eigenvalue weighted by molar-refractivity contribution is 5.78. The Kier molecular flexibility index (Phi) is 4.46. The lowest BCUT2D eigenvalue weighted by atomic mass is 10.1. The molecule has 23 heavy (non-hydrogen) atoms. The summed E-state index contributed by atoms with van der Waals surface area (Å²) in [5, 5.41) is 0. The van der Waals surface area contributed by atoms with Crippen molar-refractivity contribution in [3.8, 4) is 11.6 Å². The standard InChI is InChI=1S/C18H20N2O3/c1-13-6-8-15(9-7-13)22-12-18(21)20-10-16(11-20)23-17-5-3-4-14(2)19-17/h3-9,16H,10-12H2,1-2H3. The average Bonchev–Trinajstić information content (AvgIpc) is 2.50. The van der Waals surface area contributed by atoms with E-state index in [4.69, 9.17) is 9.47 Å². The van der Waals surface area contributed by atoms with Crippen LogP contribution in [0.1, 0.15) is 11.3 Å². The maximum atomic E-state index is 12.0. The molecular weight excluding hydrogens is 292 g/mol. The van der Waals surface area contributed by atoms with E-state index in [1.807, 2.05) is 56.3 Å². The van der Waals surface area contributed by atoms with Gasteiger partial charge >= 0.3 is 0 Å². The number of hydrogen-bond acceptors (Lipinski definition) is 4. The molecule has 5 nitrogen and oxygen atoms in total. The van der Waals surface area contributed by atoms with E-state index < -0.39 is 0 Å². The quantitative estimate of drug-likeness (QED) is 0.850. The highest BCUT2D eigenvalue weighted by Crippen LogP contribution is 2.17. The predicted molar refractivity (Wildman–Crippen MR) is 86.6 cm³/mol. The molecule has 3 rings (SSSR count). The van der Waals surface area contributed by atoms with Gasteiger partial charge in [0.05, 0.1) is 13.1 Å². The van der Waals surface area contributed by atoms with Crippen LogP contribution in [-0.4, -0.2) is 41.6 Å². The van der Waals surface area contributed by atoms with Crippen LogP contribution in [0.3, 0.4) is 0 Å². The number of pyridine rings is 1. The summed E-state index contributed by atoms with van der Waals surface area (Å²) >= 11 is 0. The summed E-state index contributed by atoms with van der Waals surface area (Å²) in [4.78, 5) is 18.1. The van der Waals surface area contributed by atoms with Gasteiger partial charge in [0.1, 0.15) is 11.9 Å². The minimum atomic E-state index is -0.0253. The third kappa shape index (κ3) is 4.00. The van der Waals surface area contributed by atoms with Gasteiger partial charge in [-0.1, -0.05) is 23.8 Å². The Bertz CT molecular complexity index is 679. The fourth-order valence-corrected chi connectivity index (χ4v) is 2.34. The first kappa shape index (κ1) is 15.3. The molecule has 0 N–H and O–H groups in total. The van der Waals surface area contributed by atoms with E-state index in [0.717, 1.165) is 11.3 Å². The number of likely N-dealkylation sites (tertiary alicyclic amines) is 1. The second-order valence-corrected chi connectivity index (χ2v) is 5.76. The number of nitrogens with zero attached hydrogens (tertiary/aromatic N) is 2. The largest absolute Gasteiger partial charge is 0.484 e. The second-order valence-electron chi connectivity index (χ2n) is 5.76. The summed E-state index contributed by atoms with van der Waals surface area (Å²) in [6.07, 6.45) is 0.00706. The van der Waals surface area contributed by atoms with Crippen molar-refractivity contribution in [2.45, 2.75) is 20.0 Å². The zero-order valence-electron chi connectivity index (χ0n) is 13.4. The van der Waals surface area contributed by atoms with Gasteiger partial charge in [0.2, 0.25) is 5.88 Å². The van der Waals surface area contributed by atoms with Gasteiger partial charge in [-0.15, -0.1) is 0 Å². The van der Waals surface area contributed by atoms with E-state index in [0.29, 0.717) is 24.7 Å². The van der Waals surface area contributed by atoms with Crippen molar-refractivity contribution in [3.05, 3.63) is 53.7 Å². The van der Waals surface area contributed by atoms with Crippen molar-refractivity contribution in [2.24, 2.45) is 0 Å². The van der Waals surface area contributed by atoms with Crippen LogP contribution in [0.4, 0.5) is 0 Å². The number of rotatable bonds is 5. The van der Waals surface area contributed by atoms with E-state index in [9.17, 15) is 4.79 Å². The molecule has 0 radical (unpaired) electrons. The van der Waals surface area contributed by atoms with Gasteiger partial charge in [-0.25, -0.2) is 4.98 Å². The normalized spacial score (nSPS) is 14.3. The first-order valence-electron chi connectivity index (χ1n) is 7.68. The van der Waals surface area contributed by atoms with Crippen LogP contribution in [0, 0.1) is 13.8 Å². The molecule has 1 amide bonds. The van der Waals surface area contributed by atoms with Crippen molar-refractivity contribution < 1.29 is 14.3 Å². The minimum absolute atomic E-state index is 0.00706. The van der Waals surface area contributed by atoms with Gasteiger partial charge in [-0.2, -0.15) is 0 Å². The van der Waals surface area contributed by atoms with E-state index in [1.165, 1.54) is 0 Å². The van der Waals surface area contributed by atoms with Crippen molar-refractivity contribution in [1.82, 2.24) is 9.88 Å². The monoisotopic (exact) mass is 312 g/mol. The van der Waals surface area contributed by atoms with Crippen LogP contribution in [0.25, 0.3) is 0 Å². The first-order chi connectivity index (χ1) is 11.1. The third-order valence-corrected chi connectivity index (χ3v) is 3.73. The fraction of sp³-hybridized carbons (Fsp3) is 0.333. The Hall–Kier alpha value is -2.56. The highest BCUT2D eigenvalue weighted by Gasteiger charge is 2.32. The smallest absolute Gasteiger partial charge is 0.260 e. The van der Waals surface area contributed by atoms with Gasteiger partial charge in [-0.05, 0) is 32.0 Å². The Morgan fingerprint density at radius 1 is 1.17 bits per heavy atom. The van der Waals surface area contributed by atoms with Crippen LogP contribution in [-0.2, 0) is 4.79 Å². The van der Waals surface area contributed by atoms with Gasteiger partial charge in [-0.3, -0.25) is 4.79 Å². The molecule has 0 bridgehead atoms. The molecule has 0 spiro atoms. The van der Waals surface area contributed by atoms with Gasteiger partial charge in [0.15, 0.2) is 6.61 Å². The first-order valence-corrected chi connectivity index (χ1v) is 7.68. The lowest BCUT2D eigenvalue weighted by molar-refractivity contribution is -0.142. The lowest BCUT2D eigenvalue weighted by Gasteiger charge is -2.38. The number of benzene rings is 1. The summed E-state index contributed by atoms with van der Waals surface area (Å²) in [7, 11) is 0. The summed E-state index contributed by atoms with van der Waals surface area (Å²) < 4.78 is 11.2. The number of carbonyl (C=O) groups excluding carboxylic acids is 1. The molecule has 2 aromatic rings. The molecule has 2 heterocycles. The van der Waals surface area contributed by atoms with Crippen molar-refractivity contribution in [3.63, 3.8) is 0 Å². The Labute approximate surface area is 135 Å². The molecular formula is C18H20N2O3. The maximum absolute atomic E-state index is 12.0. The molecule has 0 saturated carbocycles. The SMILES string of the molecule is Cc1ccc(OCC(=O)N2CC(Oc3cccc(C)n3)C2)cc1. The zero-order valence-corrected chi connectivity index (χ0v) is 13.4. The van der Waals surface area contributed by atoms with Crippen molar-refractivity contribution >= 4 is 5.91 Å². The predicted octanol–water partition coefficient (Wildman–Crippen LogP) is 2.37. The van der Waals surface area contributed by atoms with E-state index in [2.05, 4.69) is 4.98 Å². The highest BCUT2D eigenvalue weighted by atomic mass is 16.5. The van der Waals surface area contributed by atoms with E-state index >= 15 is 0 Å². The van der Waals surface area contributed by atoms with Crippen LogP contribution in [0.5, 0.6) is 11.6 Å². The molecule has 0 unspecified atom stereocenters. The average molecular weight is 312 g/mol. The van der Waals surface area contributed by atoms with Crippen LogP contribution >= 0.6 is 0 Å². The lowest BCUT2D eigenvalue weighted by Crippen LogP contribution is -2.57. The van der Waals surface area contributed by atoms with Gasteiger partial charge < -0.3 is 14.4 Å². The number of aryl methyl sites for hydroxylation is 2. The van der Waals surface area contributed by atoms with E-state index in [1.54, 1.807) is 4.90 Å². The summed E-state index contributed by atoms with van der Waals surface area (Å²) in [5.41, 5.74) is 2.08. The molecule has 1 aliphatic heterocycles. The topological polar surface area (TPSA) is 51.7 Å². The Balaban J connectivity index is 1.42. The number of carbonyl (C=O) groups is 1. The molecule has 0 aliphatic carbocycles. The minimum Gasteiger partial charge on any atom is -0.484 e. The number of aromatic nitrogens is 1. The maximum Gasteiger partial charge on any atom is 0.260 e. The van der Waals surface area contributed by atoms with Crippen LogP contribution < -0.4 is 9.47 Å². The Morgan fingerprint density at radius 2 is 1.91 bits per heavy atom. The number of amides is 1. The molecule has 1 fully saturated rings. The Morgan fingerprint density at radius 3 is 2.61 bits per heavy atom. The number of ether oxygens (including phenoxy) is 2. The zero-order chi connectivity index (χ0) is 16.2. The molecule has 1 aromatic carbocycles. The third-order valence-electron chi connectivity index (χ3n) is 3.73. The van der Waals surface area contributed by atoms with Crippen molar-refractivity contribution in [1.29, 1.82) is 0 Å². The molecule has 1 aliphatic rings. The second kappa shape index (κ2) is 6.69. The molecule has 120 valence electrons. The van der Waals surface area contributed by atoms with Crippen LogP contribution in [0.2, 0.25) is 0 Å². The summed E-state index contributed by atoms with van der Waals surface area (Å²) in [6.45, 7) is 5.14. The van der Waals surface area contributed by atoms with Gasteiger partial charge in [0.25, 0.3) is 5.91 Å². The summed E-state index contributed by atoms with van der Waals surface area (Å²) in [6, 6.07) is 13.3. The molecule has 1 saturated heterocycles. The van der Waals surface area contributed by atoms with Crippen molar-refractivity contribution in [2.75, 3.05) is 19.7 Å². The number of hydrogen-bond donors (Lipinski definition) is 0. The van der Waals surface area contributed by atoms with Gasteiger partial charge in [0, 0.05) is 11.8 Å². The summed E-state index contributed by atoms with van der Waals surface area (Å²) in [5.74, 6) is 1.29. The van der Waals surface area contributed by atoms with Crippen LogP contribution in [0.15, 0.2) is 42.5 Å². The molecule has 5 heteroatoms. The molecule has 1 aromatic heterocycles.